The Labute approximate surface area is 104 Å². The summed E-state index contributed by atoms with van der Waals surface area (Å²) in [6.07, 6.45) is 2.92. The summed E-state index contributed by atoms with van der Waals surface area (Å²) in [4.78, 5) is 25.1. The van der Waals surface area contributed by atoms with Crippen molar-refractivity contribution in [2.75, 3.05) is 18.6 Å². The number of piperazine rings is 1. The second-order valence-corrected chi connectivity index (χ2v) is 5.96. The molecule has 0 radical (unpaired) electrons. The molecule has 1 aliphatic rings. The number of rotatable bonds is 5. The van der Waals surface area contributed by atoms with Crippen molar-refractivity contribution in [3.05, 3.63) is 0 Å². The summed E-state index contributed by atoms with van der Waals surface area (Å²) in [5, 5.41) is 2.68. The topological polar surface area (TPSA) is 66.5 Å². The number of nitrogens with one attached hydrogen (secondary N) is 1. The first-order chi connectivity index (χ1) is 7.95. The summed E-state index contributed by atoms with van der Waals surface area (Å²) in [6, 6.07) is -0.433. The molecule has 17 heavy (non-hydrogen) atoms. The van der Waals surface area contributed by atoms with Crippen LogP contribution in [0.1, 0.15) is 26.7 Å². The first-order valence-corrected chi connectivity index (χ1v) is 7.58. The van der Waals surface area contributed by atoms with Crippen LogP contribution in [0.25, 0.3) is 0 Å². The summed E-state index contributed by atoms with van der Waals surface area (Å²) in [7, 11) is -0.860. The average molecular weight is 260 g/mol. The molecule has 1 fully saturated rings. The van der Waals surface area contributed by atoms with E-state index >= 15 is 0 Å². The van der Waals surface area contributed by atoms with Crippen LogP contribution in [0.2, 0.25) is 0 Å². The fourth-order valence-electron chi connectivity index (χ4n) is 1.88. The number of carbonyl (C=O) groups is 2. The molecule has 0 aromatic carbocycles. The number of amides is 2. The van der Waals surface area contributed by atoms with E-state index in [0.717, 1.165) is 0 Å². The molecule has 0 aromatic rings. The van der Waals surface area contributed by atoms with E-state index in [0.29, 0.717) is 18.6 Å². The van der Waals surface area contributed by atoms with E-state index in [1.165, 1.54) is 0 Å². The highest BCUT2D eigenvalue weighted by Gasteiger charge is 2.33. The zero-order chi connectivity index (χ0) is 13.0. The highest BCUT2D eigenvalue weighted by atomic mass is 32.2. The quantitative estimate of drug-likeness (QED) is 0.749. The molecular weight excluding hydrogens is 240 g/mol. The molecule has 1 N–H and O–H groups in total. The van der Waals surface area contributed by atoms with Crippen molar-refractivity contribution < 1.29 is 13.8 Å². The lowest BCUT2D eigenvalue weighted by molar-refractivity contribution is -0.146. The lowest BCUT2D eigenvalue weighted by atomic mass is 10.1. The number of nitrogens with zero attached hydrogens (tertiary/aromatic N) is 1. The molecule has 2 amide bonds. The van der Waals surface area contributed by atoms with Gasteiger partial charge in [0.05, 0.1) is 6.54 Å². The van der Waals surface area contributed by atoms with E-state index in [1.54, 1.807) is 11.2 Å². The Morgan fingerprint density at radius 2 is 2.18 bits per heavy atom. The van der Waals surface area contributed by atoms with Crippen LogP contribution in [-0.4, -0.2) is 51.6 Å². The smallest absolute Gasteiger partial charge is 0.245 e. The van der Waals surface area contributed by atoms with Gasteiger partial charge in [0, 0.05) is 28.9 Å². The summed E-state index contributed by atoms with van der Waals surface area (Å²) in [5.74, 6) is 0.422. The van der Waals surface area contributed by atoms with Crippen molar-refractivity contribution in [2.45, 2.75) is 38.8 Å². The molecule has 0 bridgehead atoms. The molecule has 3 unspecified atom stereocenters. The molecule has 0 aromatic heterocycles. The van der Waals surface area contributed by atoms with Crippen LogP contribution in [0.4, 0.5) is 0 Å². The van der Waals surface area contributed by atoms with Crippen molar-refractivity contribution >= 4 is 22.6 Å². The largest absolute Gasteiger partial charge is 0.343 e. The lowest BCUT2D eigenvalue weighted by Gasteiger charge is -2.36. The third-order valence-electron chi connectivity index (χ3n) is 2.99. The Morgan fingerprint density at radius 1 is 1.53 bits per heavy atom. The first kappa shape index (κ1) is 14.2. The van der Waals surface area contributed by atoms with Crippen molar-refractivity contribution in [3.63, 3.8) is 0 Å². The molecule has 98 valence electrons. The maximum absolute atomic E-state index is 12.0. The fraction of sp³-hybridized carbons (Fsp3) is 0.818. The van der Waals surface area contributed by atoms with Gasteiger partial charge in [-0.3, -0.25) is 13.8 Å². The van der Waals surface area contributed by atoms with Crippen LogP contribution in [0.15, 0.2) is 0 Å². The zero-order valence-corrected chi connectivity index (χ0v) is 11.4. The number of hydrogen-bond donors (Lipinski definition) is 1. The molecule has 1 heterocycles. The second-order valence-electron chi connectivity index (χ2n) is 4.41. The van der Waals surface area contributed by atoms with Gasteiger partial charge in [-0.2, -0.15) is 0 Å². The predicted octanol–water partition coefficient (Wildman–Crippen LogP) is -0.119. The van der Waals surface area contributed by atoms with E-state index in [-0.39, 0.29) is 24.4 Å². The molecule has 1 rings (SSSR count). The number of hydrogen-bond acceptors (Lipinski definition) is 3. The predicted molar refractivity (Wildman–Crippen MR) is 66.9 cm³/mol. The molecule has 1 saturated heterocycles. The second kappa shape index (κ2) is 6.14. The van der Waals surface area contributed by atoms with Gasteiger partial charge in [0.2, 0.25) is 11.8 Å². The van der Waals surface area contributed by atoms with Crippen LogP contribution < -0.4 is 5.32 Å². The van der Waals surface area contributed by atoms with Gasteiger partial charge in [0.15, 0.2) is 0 Å². The van der Waals surface area contributed by atoms with E-state index in [9.17, 15) is 13.8 Å². The highest BCUT2D eigenvalue weighted by Crippen LogP contribution is 2.12. The van der Waals surface area contributed by atoms with Gasteiger partial charge in [-0.15, -0.1) is 0 Å². The van der Waals surface area contributed by atoms with Gasteiger partial charge in [-0.05, 0) is 19.8 Å². The Balaban J connectivity index is 2.64. The van der Waals surface area contributed by atoms with Gasteiger partial charge >= 0.3 is 0 Å². The molecule has 6 heteroatoms. The Kier molecular flexibility index (Phi) is 5.11. The van der Waals surface area contributed by atoms with Crippen molar-refractivity contribution in [1.82, 2.24) is 10.2 Å². The van der Waals surface area contributed by atoms with Crippen LogP contribution in [0.3, 0.4) is 0 Å². The minimum absolute atomic E-state index is 0.0264. The van der Waals surface area contributed by atoms with Gasteiger partial charge in [0.1, 0.15) is 6.04 Å². The Hall–Kier alpha value is -0.910. The van der Waals surface area contributed by atoms with E-state index in [1.807, 2.05) is 13.8 Å². The average Bonchev–Trinajstić information content (AvgIpc) is 2.28. The molecular formula is C11H20N2O3S. The Morgan fingerprint density at radius 3 is 2.71 bits per heavy atom. The monoisotopic (exact) mass is 260 g/mol. The molecule has 0 aliphatic carbocycles. The first-order valence-electron chi connectivity index (χ1n) is 5.85. The minimum Gasteiger partial charge on any atom is -0.343 e. The molecule has 5 nitrogen and oxygen atoms in total. The van der Waals surface area contributed by atoms with Gasteiger partial charge < -0.3 is 10.2 Å². The number of carbonyl (C=O) groups excluding carboxylic acids is 2. The third kappa shape index (κ3) is 3.80. The normalized spacial score (nSPS) is 24.4. The highest BCUT2D eigenvalue weighted by molar-refractivity contribution is 7.84. The van der Waals surface area contributed by atoms with Crippen molar-refractivity contribution in [1.29, 1.82) is 0 Å². The molecule has 3 atom stereocenters. The fourth-order valence-corrected chi connectivity index (χ4v) is 2.55. The maximum Gasteiger partial charge on any atom is 0.245 e. The molecule has 0 spiro atoms. The van der Waals surface area contributed by atoms with Crippen molar-refractivity contribution in [3.8, 4) is 0 Å². The zero-order valence-electron chi connectivity index (χ0n) is 10.6. The van der Waals surface area contributed by atoms with Gasteiger partial charge in [0.25, 0.3) is 0 Å². The van der Waals surface area contributed by atoms with Gasteiger partial charge in [-0.1, -0.05) is 6.92 Å². The standard InChI is InChI=1S/C11H20N2O3S/c1-4-9-11(15)13(7-10(14)12-9)8(2)5-6-17(3)16/h8-9H,4-7H2,1-3H3,(H,12,14). The summed E-state index contributed by atoms with van der Waals surface area (Å²) in [5.41, 5.74) is 0. The van der Waals surface area contributed by atoms with E-state index < -0.39 is 16.8 Å². The SMILES string of the molecule is CCC1NC(=O)CN(C(C)CCS(C)=O)C1=O. The third-order valence-corrected chi connectivity index (χ3v) is 3.80. The van der Waals surface area contributed by atoms with E-state index in [2.05, 4.69) is 5.32 Å². The molecule has 0 saturated carbocycles. The maximum atomic E-state index is 12.0. The summed E-state index contributed by atoms with van der Waals surface area (Å²) >= 11 is 0. The summed E-state index contributed by atoms with van der Waals surface area (Å²) in [6.45, 7) is 3.89. The van der Waals surface area contributed by atoms with Gasteiger partial charge in [-0.25, -0.2) is 0 Å². The van der Waals surface area contributed by atoms with Crippen LogP contribution in [0, 0.1) is 0 Å². The van der Waals surface area contributed by atoms with Crippen LogP contribution in [-0.2, 0) is 20.4 Å². The summed E-state index contributed by atoms with van der Waals surface area (Å²) < 4.78 is 11.0. The molecule has 1 aliphatic heterocycles. The Bertz CT molecular complexity index is 333. The van der Waals surface area contributed by atoms with Crippen LogP contribution >= 0.6 is 0 Å². The van der Waals surface area contributed by atoms with Crippen molar-refractivity contribution in [2.24, 2.45) is 0 Å². The minimum atomic E-state index is -0.860. The lowest BCUT2D eigenvalue weighted by Crippen LogP contribution is -2.60. The van der Waals surface area contributed by atoms with E-state index in [4.69, 9.17) is 0 Å². The van der Waals surface area contributed by atoms with Crippen LogP contribution in [0.5, 0.6) is 0 Å².